The number of halogens is 1. The van der Waals surface area contributed by atoms with Crippen molar-refractivity contribution >= 4 is 17.3 Å². The molecule has 0 saturated carbocycles. The van der Waals surface area contributed by atoms with Gasteiger partial charge < -0.3 is 15.5 Å². The van der Waals surface area contributed by atoms with Crippen molar-refractivity contribution < 1.29 is 0 Å². The summed E-state index contributed by atoms with van der Waals surface area (Å²) in [5.41, 5.74) is 6.71. The Balaban J connectivity index is 2.40. The molecule has 1 rings (SSSR count). The summed E-state index contributed by atoms with van der Waals surface area (Å²) >= 11 is 6.04. The molecule has 0 atom stereocenters. The summed E-state index contributed by atoms with van der Waals surface area (Å²) in [5.74, 6) is 0. The van der Waals surface area contributed by atoms with E-state index in [1.165, 1.54) is 12.1 Å². The molecule has 1 aromatic carbocycles. The molecule has 3 nitrogen and oxygen atoms in total. The summed E-state index contributed by atoms with van der Waals surface area (Å²) < 4.78 is 0. The number of unbranched alkanes of at least 4 members (excludes halogenated alkanes) is 1. The maximum atomic E-state index is 6.04. The largest absolute Gasteiger partial charge is 0.370 e. The van der Waals surface area contributed by atoms with Crippen LogP contribution >= 0.6 is 11.6 Å². The zero-order valence-corrected chi connectivity index (χ0v) is 12.9. The number of benzene rings is 1. The van der Waals surface area contributed by atoms with E-state index in [9.17, 15) is 0 Å². The molecule has 0 spiro atoms. The van der Waals surface area contributed by atoms with E-state index in [0.29, 0.717) is 0 Å². The smallest absolute Gasteiger partial charge is 0.0426 e. The summed E-state index contributed by atoms with van der Waals surface area (Å²) in [6, 6.07) is 8.06. The van der Waals surface area contributed by atoms with Gasteiger partial charge in [-0.15, -0.1) is 0 Å². The Kier molecular flexibility index (Phi) is 7.87. The van der Waals surface area contributed by atoms with Gasteiger partial charge >= 0.3 is 0 Å². The Hall–Kier alpha value is -0.770. The van der Waals surface area contributed by atoms with E-state index in [4.69, 9.17) is 17.3 Å². The summed E-state index contributed by atoms with van der Waals surface area (Å²) in [6.07, 6.45) is 2.28. The van der Waals surface area contributed by atoms with Crippen LogP contribution < -0.4 is 10.6 Å². The van der Waals surface area contributed by atoms with Crippen molar-refractivity contribution in [2.45, 2.75) is 19.8 Å². The van der Waals surface area contributed by atoms with Crippen LogP contribution in [0.15, 0.2) is 24.3 Å². The highest BCUT2D eigenvalue weighted by atomic mass is 35.5. The van der Waals surface area contributed by atoms with Crippen LogP contribution in [0.1, 0.15) is 19.8 Å². The topological polar surface area (TPSA) is 32.5 Å². The van der Waals surface area contributed by atoms with Gasteiger partial charge in [0.25, 0.3) is 0 Å². The van der Waals surface area contributed by atoms with Crippen molar-refractivity contribution in [1.29, 1.82) is 0 Å². The molecule has 0 aliphatic carbocycles. The molecule has 0 fully saturated rings. The maximum Gasteiger partial charge on any atom is 0.0426 e. The second-order valence-electron chi connectivity index (χ2n) is 4.86. The van der Waals surface area contributed by atoms with E-state index in [0.717, 1.165) is 44.2 Å². The summed E-state index contributed by atoms with van der Waals surface area (Å²) in [4.78, 5) is 4.72. The van der Waals surface area contributed by atoms with Crippen molar-refractivity contribution in [1.82, 2.24) is 4.90 Å². The Morgan fingerprint density at radius 2 is 1.95 bits per heavy atom. The molecule has 0 aliphatic heterocycles. The minimum atomic E-state index is 0.789. The van der Waals surface area contributed by atoms with E-state index in [2.05, 4.69) is 29.8 Å². The third-order valence-corrected chi connectivity index (χ3v) is 3.54. The van der Waals surface area contributed by atoms with Gasteiger partial charge in [0, 0.05) is 30.3 Å². The first-order valence-electron chi connectivity index (χ1n) is 7.06. The van der Waals surface area contributed by atoms with E-state index in [1.807, 2.05) is 18.2 Å². The van der Waals surface area contributed by atoms with Gasteiger partial charge in [-0.05, 0) is 58.1 Å². The Labute approximate surface area is 122 Å². The van der Waals surface area contributed by atoms with Crippen LogP contribution in [-0.2, 0) is 0 Å². The number of likely N-dealkylation sites (N-methyl/N-ethyl adjacent to an activating group) is 2. The van der Waals surface area contributed by atoms with E-state index in [1.54, 1.807) is 0 Å². The lowest BCUT2D eigenvalue weighted by Crippen LogP contribution is -2.33. The zero-order valence-electron chi connectivity index (χ0n) is 12.1. The van der Waals surface area contributed by atoms with Crippen LogP contribution in [0.5, 0.6) is 0 Å². The standard InChI is InChI=1S/C15H26ClN3/c1-3-19(15-8-6-7-14(16)13-15)12-11-18(2)10-5-4-9-17/h6-8,13H,3-5,9-12,17H2,1-2H3. The van der Waals surface area contributed by atoms with Crippen LogP contribution in [-0.4, -0.2) is 44.7 Å². The predicted octanol–water partition coefficient (Wildman–Crippen LogP) is 2.84. The van der Waals surface area contributed by atoms with Crippen LogP contribution in [0.2, 0.25) is 5.02 Å². The van der Waals surface area contributed by atoms with Gasteiger partial charge in [0.1, 0.15) is 0 Å². The van der Waals surface area contributed by atoms with Gasteiger partial charge in [0.2, 0.25) is 0 Å². The van der Waals surface area contributed by atoms with Gasteiger partial charge in [-0.2, -0.15) is 0 Å². The molecule has 19 heavy (non-hydrogen) atoms. The molecule has 2 N–H and O–H groups in total. The van der Waals surface area contributed by atoms with Crippen LogP contribution in [0.4, 0.5) is 5.69 Å². The average molecular weight is 284 g/mol. The summed E-state index contributed by atoms with van der Waals surface area (Å²) in [7, 11) is 2.17. The monoisotopic (exact) mass is 283 g/mol. The lowest BCUT2D eigenvalue weighted by atomic mass is 10.2. The van der Waals surface area contributed by atoms with Crippen molar-refractivity contribution in [2.24, 2.45) is 5.73 Å². The highest BCUT2D eigenvalue weighted by Gasteiger charge is 2.06. The van der Waals surface area contributed by atoms with E-state index in [-0.39, 0.29) is 0 Å². The van der Waals surface area contributed by atoms with Gasteiger partial charge in [-0.25, -0.2) is 0 Å². The quantitative estimate of drug-likeness (QED) is 0.708. The second-order valence-corrected chi connectivity index (χ2v) is 5.30. The molecule has 0 saturated heterocycles. The molecule has 108 valence electrons. The van der Waals surface area contributed by atoms with Crippen molar-refractivity contribution in [3.63, 3.8) is 0 Å². The van der Waals surface area contributed by atoms with E-state index < -0.39 is 0 Å². The highest BCUT2D eigenvalue weighted by Crippen LogP contribution is 2.19. The van der Waals surface area contributed by atoms with Crippen molar-refractivity contribution in [3.8, 4) is 0 Å². The maximum absolute atomic E-state index is 6.04. The third kappa shape index (κ3) is 6.28. The molecule has 0 amide bonds. The van der Waals surface area contributed by atoms with Gasteiger partial charge in [0.05, 0.1) is 0 Å². The molecule has 0 radical (unpaired) electrons. The van der Waals surface area contributed by atoms with Gasteiger partial charge in [-0.1, -0.05) is 17.7 Å². The van der Waals surface area contributed by atoms with E-state index >= 15 is 0 Å². The Bertz CT molecular complexity index is 357. The number of hydrogen-bond acceptors (Lipinski definition) is 3. The minimum Gasteiger partial charge on any atom is -0.370 e. The first-order chi connectivity index (χ1) is 9.17. The fourth-order valence-corrected chi connectivity index (χ4v) is 2.26. The molecule has 0 aromatic heterocycles. The number of hydrogen-bond donors (Lipinski definition) is 1. The SMILES string of the molecule is CCN(CCN(C)CCCCN)c1cccc(Cl)c1. The van der Waals surface area contributed by atoms with Gasteiger partial charge in [-0.3, -0.25) is 0 Å². The first kappa shape index (κ1) is 16.3. The number of rotatable bonds is 9. The number of anilines is 1. The lowest BCUT2D eigenvalue weighted by molar-refractivity contribution is 0.332. The summed E-state index contributed by atoms with van der Waals surface area (Å²) in [6.45, 7) is 7.16. The third-order valence-electron chi connectivity index (χ3n) is 3.30. The molecule has 4 heteroatoms. The van der Waals surface area contributed by atoms with Crippen LogP contribution in [0.25, 0.3) is 0 Å². The lowest BCUT2D eigenvalue weighted by Gasteiger charge is -2.26. The average Bonchev–Trinajstić information content (AvgIpc) is 2.40. The van der Waals surface area contributed by atoms with Gasteiger partial charge in [0.15, 0.2) is 0 Å². The predicted molar refractivity (Wildman–Crippen MR) is 85.1 cm³/mol. The summed E-state index contributed by atoms with van der Waals surface area (Å²) in [5, 5.41) is 0.798. The molecule has 0 bridgehead atoms. The fraction of sp³-hybridized carbons (Fsp3) is 0.600. The fourth-order valence-electron chi connectivity index (χ4n) is 2.07. The molecule has 0 unspecified atom stereocenters. The molecule has 0 heterocycles. The first-order valence-corrected chi connectivity index (χ1v) is 7.44. The minimum absolute atomic E-state index is 0.789. The number of nitrogens with zero attached hydrogens (tertiary/aromatic N) is 2. The number of nitrogens with two attached hydrogens (primary N) is 1. The second kappa shape index (κ2) is 9.18. The zero-order chi connectivity index (χ0) is 14.1. The molecule has 1 aromatic rings. The van der Waals surface area contributed by atoms with Crippen LogP contribution in [0, 0.1) is 0 Å². The normalized spacial score (nSPS) is 11.0. The van der Waals surface area contributed by atoms with Crippen LogP contribution in [0.3, 0.4) is 0 Å². The molecular weight excluding hydrogens is 258 g/mol. The molecule has 0 aliphatic rings. The highest BCUT2D eigenvalue weighted by molar-refractivity contribution is 6.30. The Morgan fingerprint density at radius 1 is 1.16 bits per heavy atom. The van der Waals surface area contributed by atoms with Crippen molar-refractivity contribution in [2.75, 3.05) is 44.7 Å². The molecular formula is C15H26ClN3. The van der Waals surface area contributed by atoms with Crippen molar-refractivity contribution in [3.05, 3.63) is 29.3 Å². The Morgan fingerprint density at radius 3 is 2.58 bits per heavy atom.